The van der Waals surface area contributed by atoms with E-state index < -0.39 is 5.97 Å². The van der Waals surface area contributed by atoms with Crippen molar-refractivity contribution in [2.75, 3.05) is 6.61 Å². The Morgan fingerprint density at radius 1 is 1.59 bits per heavy atom. The normalized spacial score (nSPS) is 10.5. The van der Waals surface area contributed by atoms with E-state index in [1.807, 2.05) is 7.05 Å². The molecule has 2 rings (SSSR count). The molecule has 90 valence electrons. The van der Waals surface area contributed by atoms with Gasteiger partial charge in [0.15, 0.2) is 5.69 Å². The Morgan fingerprint density at radius 2 is 2.35 bits per heavy atom. The number of nitrogens with zero attached hydrogens (tertiary/aromatic N) is 3. The van der Waals surface area contributed by atoms with Gasteiger partial charge in [0.05, 0.1) is 19.1 Å². The average molecular weight is 235 g/mol. The van der Waals surface area contributed by atoms with Crippen molar-refractivity contribution < 1.29 is 13.9 Å². The Bertz CT molecular complexity index is 542. The highest BCUT2D eigenvalue weighted by Crippen LogP contribution is 2.21. The maximum absolute atomic E-state index is 11.6. The molecule has 6 nitrogen and oxygen atoms in total. The monoisotopic (exact) mass is 235 g/mol. The number of rotatable bonds is 3. The lowest BCUT2D eigenvalue weighted by Crippen LogP contribution is -2.06. The summed E-state index contributed by atoms with van der Waals surface area (Å²) in [6, 6.07) is 0. The minimum Gasteiger partial charge on any atom is -0.461 e. The number of ether oxygens (including phenoxy) is 1. The van der Waals surface area contributed by atoms with Gasteiger partial charge in [-0.1, -0.05) is 0 Å². The molecule has 0 unspecified atom stereocenters. The summed E-state index contributed by atoms with van der Waals surface area (Å²) in [5, 5.41) is 0. The molecule has 0 bridgehead atoms. The van der Waals surface area contributed by atoms with E-state index in [0.717, 1.165) is 0 Å². The molecule has 2 aromatic heterocycles. The van der Waals surface area contributed by atoms with Crippen LogP contribution < -0.4 is 0 Å². The fourth-order valence-electron chi connectivity index (χ4n) is 1.46. The van der Waals surface area contributed by atoms with Crippen LogP contribution in [0.5, 0.6) is 0 Å². The zero-order valence-electron chi connectivity index (χ0n) is 9.93. The van der Waals surface area contributed by atoms with Crippen molar-refractivity contribution in [3.63, 3.8) is 0 Å². The van der Waals surface area contributed by atoms with E-state index in [1.165, 1.54) is 0 Å². The molecule has 0 aromatic carbocycles. The number of hydrogen-bond acceptors (Lipinski definition) is 5. The summed E-state index contributed by atoms with van der Waals surface area (Å²) in [6.45, 7) is 3.74. The summed E-state index contributed by atoms with van der Waals surface area (Å²) >= 11 is 0. The first kappa shape index (κ1) is 11.4. The quantitative estimate of drug-likeness (QED) is 0.755. The summed E-state index contributed by atoms with van der Waals surface area (Å²) in [5.41, 5.74) is 0.923. The Balaban J connectivity index is 2.37. The highest BCUT2D eigenvalue weighted by atomic mass is 16.5. The van der Waals surface area contributed by atoms with Crippen molar-refractivity contribution >= 4 is 5.97 Å². The van der Waals surface area contributed by atoms with Gasteiger partial charge >= 0.3 is 5.97 Å². The molecule has 0 N–H and O–H groups in total. The molecule has 0 spiro atoms. The van der Waals surface area contributed by atoms with Gasteiger partial charge in [0, 0.05) is 7.05 Å². The van der Waals surface area contributed by atoms with Crippen LogP contribution in [0.1, 0.15) is 23.2 Å². The number of oxazole rings is 1. The number of aromatic nitrogens is 3. The van der Waals surface area contributed by atoms with Crippen molar-refractivity contribution in [3.8, 4) is 11.6 Å². The maximum Gasteiger partial charge on any atom is 0.360 e. The van der Waals surface area contributed by atoms with E-state index in [4.69, 9.17) is 9.15 Å². The van der Waals surface area contributed by atoms with Gasteiger partial charge in [-0.25, -0.2) is 14.8 Å². The van der Waals surface area contributed by atoms with E-state index in [0.29, 0.717) is 24.0 Å². The van der Waals surface area contributed by atoms with Crippen molar-refractivity contribution in [3.05, 3.63) is 24.0 Å². The Hall–Kier alpha value is -2.11. The van der Waals surface area contributed by atoms with E-state index >= 15 is 0 Å². The van der Waals surface area contributed by atoms with Gasteiger partial charge in [-0.3, -0.25) is 0 Å². The first-order chi connectivity index (χ1) is 8.13. The van der Waals surface area contributed by atoms with E-state index in [9.17, 15) is 4.79 Å². The third kappa shape index (κ3) is 2.06. The number of esters is 1. The molecular weight excluding hydrogens is 222 g/mol. The number of hydrogen-bond donors (Lipinski definition) is 0. The molecule has 0 fully saturated rings. The second kappa shape index (κ2) is 4.40. The fourth-order valence-corrected chi connectivity index (χ4v) is 1.46. The standard InChI is InChI=1S/C11H13N3O3/c1-4-16-11(15)9-7(2)17-10(13-9)8-5-12-6-14(8)3/h5-6H,4H2,1-3H3. The molecule has 0 saturated carbocycles. The Labute approximate surface area is 98.2 Å². The Morgan fingerprint density at radius 3 is 2.94 bits per heavy atom. The highest BCUT2D eigenvalue weighted by molar-refractivity contribution is 5.88. The maximum atomic E-state index is 11.6. The van der Waals surface area contributed by atoms with Crippen LogP contribution in [0.4, 0.5) is 0 Å². The molecule has 2 heterocycles. The van der Waals surface area contributed by atoms with Crippen LogP contribution in [-0.2, 0) is 11.8 Å². The van der Waals surface area contributed by atoms with Gasteiger partial charge in [-0.2, -0.15) is 0 Å². The van der Waals surface area contributed by atoms with Crippen LogP contribution in [0, 0.1) is 6.92 Å². The molecule has 6 heteroatoms. The van der Waals surface area contributed by atoms with Crippen molar-refractivity contribution in [2.45, 2.75) is 13.8 Å². The van der Waals surface area contributed by atoms with Crippen LogP contribution in [0.3, 0.4) is 0 Å². The summed E-state index contributed by atoms with van der Waals surface area (Å²) < 4.78 is 12.1. The third-order valence-corrected chi connectivity index (χ3v) is 2.30. The molecule has 0 atom stereocenters. The highest BCUT2D eigenvalue weighted by Gasteiger charge is 2.20. The van der Waals surface area contributed by atoms with Crippen LogP contribution in [-0.4, -0.2) is 27.1 Å². The number of carbonyl (C=O) groups excluding carboxylic acids is 1. The summed E-state index contributed by atoms with van der Waals surface area (Å²) in [4.78, 5) is 19.7. The van der Waals surface area contributed by atoms with Gasteiger partial charge in [0.1, 0.15) is 11.5 Å². The minimum atomic E-state index is -0.470. The minimum absolute atomic E-state index is 0.211. The lowest BCUT2D eigenvalue weighted by Gasteiger charge is -1.96. The zero-order valence-corrected chi connectivity index (χ0v) is 9.93. The lowest BCUT2D eigenvalue weighted by molar-refractivity contribution is 0.0518. The second-order valence-electron chi connectivity index (χ2n) is 3.53. The number of imidazole rings is 1. The van der Waals surface area contributed by atoms with Crippen molar-refractivity contribution in [1.82, 2.24) is 14.5 Å². The van der Waals surface area contributed by atoms with Gasteiger partial charge in [-0.05, 0) is 13.8 Å². The van der Waals surface area contributed by atoms with Crippen molar-refractivity contribution in [2.24, 2.45) is 7.05 Å². The van der Waals surface area contributed by atoms with E-state index in [-0.39, 0.29) is 5.69 Å². The van der Waals surface area contributed by atoms with Gasteiger partial charge < -0.3 is 13.7 Å². The summed E-state index contributed by atoms with van der Waals surface area (Å²) in [6.07, 6.45) is 3.26. The lowest BCUT2D eigenvalue weighted by atomic mass is 10.4. The fraction of sp³-hybridized carbons (Fsp3) is 0.364. The van der Waals surface area contributed by atoms with Crippen LogP contribution in [0.2, 0.25) is 0 Å². The molecule has 0 radical (unpaired) electrons. The number of aryl methyl sites for hydroxylation is 2. The first-order valence-electron chi connectivity index (χ1n) is 5.24. The molecule has 0 aliphatic rings. The SMILES string of the molecule is CCOC(=O)c1nc(-c2cncn2C)oc1C. The van der Waals surface area contributed by atoms with E-state index in [1.54, 1.807) is 30.9 Å². The van der Waals surface area contributed by atoms with Gasteiger partial charge in [0.2, 0.25) is 5.89 Å². The largest absolute Gasteiger partial charge is 0.461 e. The molecule has 17 heavy (non-hydrogen) atoms. The predicted molar refractivity (Wildman–Crippen MR) is 59.4 cm³/mol. The zero-order chi connectivity index (χ0) is 12.4. The topological polar surface area (TPSA) is 70.2 Å². The molecule has 0 saturated heterocycles. The van der Waals surface area contributed by atoms with Gasteiger partial charge in [-0.15, -0.1) is 0 Å². The van der Waals surface area contributed by atoms with Crippen LogP contribution in [0.25, 0.3) is 11.6 Å². The third-order valence-electron chi connectivity index (χ3n) is 2.30. The Kier molecular flexibility index (Phi) is 2.95. The van der Waals surface area contributed by atoms with Crippen LogP contribution >= 0.6 is 0 Å². The van der Waals surface area contributed by atoms with Gasteiger partial charge in [0.25, 0.3) is 0 Å². The smallest absolute Gasteiger partial charge is 0.360 e. The van der Waals surface area contributed by atoms with E-state index in [2.05, 4.69) is 9.97 Å². The predicted octanol–water partition coefficient (Wildman–Crippen LogP) is 1.56. The molecule has 0 amide bonds. The average Bonchev–Trinajstić information content (AvgIpc) is 2.84. The molecule has 2 aromatic rings. The summed E-state index contributed by atoms with van der Waals surface area (Å²) in [7, 11) is 1.83. The first-order valence-corrected chi connectivity index (χ1v) is 5.24. The number of carbonyl (C=O) groups is 1. The second-order valence-corrected chi connectivity index (χ2v) is 3.53. The molecule has 0 aliphatic heterocycles. The molecule has 0 aliphatic carbocycles. The molecular formula is C11H13N3O3. The van der Waals surface area contributed by atoms with Crippen molar-refractivity contribution in [1.29, 1.82) is 0 Å². The van der Waals surface area contributed by atoms with Crippen LogP contribution in [0.15, 0.2) is 16.9 Å². The summed E-state index contributed by atoms with van der Waals surface area (Å²) in [5.74, 6) is 0.340.